The summed E-state index contributed by atoms with van der Waals surface area (Å²) < 4.78 is 3.49. The van der Waals surface area contributed by atoms with E-state index in [-0.39, 0.29) is 5.60 Å². The summed E-state index contributed by atoms with van der Waals surface area (Å²) in [4.78, 5) is 0. The second-order valence-corrected chi connectivity index (χ2v) is 2.42. The number of hydrogen-bond donors (Lipinski definition) is 0. The van der Waals surface area contributed by atoms with E-state index >= 15 is 0 Å². The first-order chi connectivity index (χ1) is 2.56. The lowest BCUT2D eigenvalue weighted by Gasteiger charge is -2.04. The van der Waals surface area contributed by atoms with Gasteiger partial charge in [-0.15, -0.1) is 0 Å². The van der Waals surface area contributed by atoms with Gasteiger partial charge in [0.1, 0.15) is 0 Å². The maximum atomic E-state index is 5.10. The van der Waals surface area contributed by atoms with Gasteiger partial charge in [0.2, 0.25) is 0 Å². The van der Waals surface area contributed by atoms with Gasteiger partial charge >= 0.3 is 11.9 Å². The number of hydrogen-bond acceptors (Lipinski definition) is 0. The monoisotopic (exact) mass is 109 g/mol. The molecular formula is C4H10ClO+. The third-order valence-corrected chi connectivity index (χ3v) is 0.761. The maximum absolute atomic E-state index is 5.10. The minimum Gasteiger partial charge on any atom is -0.309 e. The molecule has 0 radical (unpaired) electrons. The van der Waals surface area contributed by atoms with Crippen molar-refractivity contribution in [1.29, 1.82) is 0 Å². The van der Waals surface area contributed by atoms with Crippen LogP contribution in [0.4, 0.5) is 0 Å². The molecule has 0 aliphatic rings. The average molecular weight is 110 g/mol. The first-order valence-corrected chi connectivity index (χ1v) is 2.23. The number of halogens is 1. The first-order valence-electron chi connectivity index (χ1n) is 1.89. The van der Waals surface area contributed by atoms with Crippen molar-refractivity contribution in [3.05, 3.63) is 0 Å². The first kappa shape index (κ1) is 6.25. The molecule has 0 aliphatic heterocycles. The van der Waals surface area contributed by atoms with Gasteiger partial charge in [-0.25, -0.2) is 0 Å². The van der Waals surface area contributed by atoms with Crippen LogP contribution in [0.2, 0.25) is 0 Å². The van der Waals surface area contributed by atoms with Crippen LogP contribution in [0.3, 0.4) is 0 Å². The minimum absolute atomic E-state index is 0.0679. The largest absolute Gasteiger partial charge is 0.309 e. The number of aliphatic hydroxyl groups is 1. The fraction of sp³-hybridized carbons (Fsp3) is 1.00. The summed E-state index contributed by atoms with van der Waals surface area (Å²) in [6.45, 7) is 5.83. The molecule has 0 atom stereocenters. The van der Waals surface area contributed by atoms with Gasteiger partial charge in [0.05, 0.1) is 0 Å². The normalized spacial score (nSPS) is 12.0. The van der Waals surface area contributed by atoms with Gasteiger partial charge in [0.15, 0.2) is 5.60 Å². The van der Waals surface area contributed by atoms with Crippen LogP contribution in [0.25, 0.3) is 0 Å². The predicted octanol–water partition coefficient (Wildman–Crippen LogP) is 1.47. The van der Waals surface area contributed by atoms with E-state index in [1.54, 1.807) is 0 Å². The summed E-state index contributed by atoms with van der Waals surface area (Å²) in [5.41, 5.74) is -0.0679. The molecule has 6 heavy (non-hydrogen) atoms. The van der Waals surface area contributed by atoms with Crippen LogP contribution in [-0.2, 0) is 0 Å². The summed E-state index contributed by atoms with van der Waals surface area (Å²) in [6.07, 6.45) is 0. The van der Waals surface area contributed by atoms with E-state index in [4.69, 9.17) is 11.9 Å². The lowest BCUT2D eigenvalue weighted by Crippen LogP contribution is -2.16. The van der Waals surface area contributed by atoms with Crippen molar-refractivity contribution in [3.63, 3.8) is 0 Å². The second kappa shape index (κ2) is 1.80. The third kappa shape index (κ3) is 4.25. The molecule has 0 amide bonds. The Morgan fingerprint density at radius 1 is 1.33 bits per heavy atom. The average Bonchev–Trinajstić information content (AvgIpc) is 1.35. The highest BCUT2D eigenvalue weighted by Crippen LogP contribution is 2.03. The molecule has 0 aromatic carbocycles. The standard InChI is InChI=1S/C4H9ClO/c1-4(2,3)6-5/h1-3H3/p+1. The predicted molar refractivity (Wildman–Crippen MR) is 27.8 cm³/mol. The molecular weight excluding hydrogens is 99.5 g/mol. The lowest BCUT2D eigenvalue weighted by atomic mass is 10.2. The summed E-state index contributed by atoms with van der Waals surface area (Å²) in [7, 11) is 0. The quantitative estimate of drug-likeness (QED) is 0.418. The van der Waals surface area contributed by atoms with E-state index < -0.39 is 0 Å². The fourth-order valence-electron chi connectivity index (χ4n) is 0. The second-order valence-electron chi connectivity index (χ2n) is 2.26. The molecule has 0 saturated carbocycles. The van der Waals surface area contributed by atoms with Gasteiger partial charge in [0, 0.05) is 20.8 Å². The highest BCUT2D eigenvalue weighted by Gasteiger charge is 2.13. The highest BCUT2D eigenvalue weighted by molar-refractivity contribution is 6.06. The molecule has 0 aliphatic carbocycles. The number of rotatable bonds is 0. The maximum Gasteiger partial charge on any atom is 0.301 e. The van der Waals surface area contributed by atoms with Crippen LogP contribution in [0.1, 0.15) is 20.8 Å². The molecule has 0 aromatic rings. The van der Waals surface area contributed by atoms with Gasteiger partial charge in [-0.2, -0.15) is 0 Å². The Hall–Kier alpha value is 0.250. The molecule has 0 heterocycles. The lowest BCUT2D eigenvalue weighted by molar-refractivity contribution is 0.00140. The van der Waals surface area contributed by atoms with Gasteiger partial charge in [-0.3, -0.25) is 0 Å². The van der Waals surface area contributed by atoms with E-state index in [1.165, 1.54) is 0 Å². The van der Waals surface area contributed by atoms with Crippen LogP contribution in [0.5, 0.6) is 0 Å². The zero-order valence-corrected chi connectivity index (χ0v) is 5.08. The van der Waals surface area contributed by atoms with Gasteiger partial charge < -0.3 is 4.29 Å². The van der Waals surface area contributed by atoms with Gasteiger partial charge in [-0.1, -0.05) is 0 Å². The zero-order valence-electron chi connectivity index (χ0n) is 4.33. The molecule has 1 N–H and O–H groups in total. The molecule has 0 fully saturated rings. The summed E-state index contributed by atoms with van der Waals surface area (Å²) in [5.74, 6) is 0. The topological polar surface area (TPSA) is 12.8 Å². The van der Waals surface area contributed by atoms with Crippen molar-refractivity contribution in [3.8, 4) is 0 Å². The Morgan fingerprint density at radius 3 is 1.50 bits per heavy atom. The van der Waals surface area contributed by atoms with E-state index in [0.29, 0.717) is 0 Å². The van der Waals surface area contributed by atoms with Crippen molar-refractivity contribution in [2.24, 2.45) is 0 Å². The van der Waals surface area contributed by atoms with Crippen LogP contribution in [-0.4, -0.2) is 9.89 Å². The molecule has 0 unspecified atom stereocenters. The van der Waals surface area contributed by atoms with Crippen LogP contribution < -0.4 is 0 Å². The molecule has 0 saturated heterocycles. The van der Waals surface area contributed by atoms with Crippen LogP contribution in [0, 0.1) is 0 Å². The van der Waals surface area contributed by atoms with E-state index in [9.17, 15) is 0 Å². The van der Waals surface area contributed by atoms with Crippen molar-refractivity contribution in [2.45, 2.75) is 26.4 Å². The molecule has 0 aromatic heterocycles. The molecule has 38 valence electrons. The SMILES string of the molecule is CC(C)(C)[OH+]Cl. The van der Waals surface area contributed by atoms with Crippen molar-refractivity contribution >= 4 is 11.9 Å². The molecule has 2 heteroatoms. The molecule has 0 rings (SSSR count). The summed E-state index contributed by atoms with van der Waals surface area (Å²) >= 11 is 5.10. The molecule has 1 nitrogen and oxygen atoms in total. The van der Waals surface area contributed by atoms with Crippen LogP contribution in [0.15, 0.2) is 0 Å². The van der Waals surface area contributed by atoms with E-state index in [0.717, 1.165) is 0 Å². The minimum atomic E-state index is -0.0679. The Bertz CT molecular complexity index is 37.3. The van der Waals surface area contributed by atoms with E-state index in [2.05, 4.69) is 4.29 Å². The molecule has 0 spiro atoms. The summed E-state index contributed by atoms with van der Waals surface area (Å²) in [6, 6.07) is 0. The summed E-state index contributed by atoms with van der Waals surface area (Å²) in [5, 5.41) is 0. The zero-order chi connectivity index (χ0) is 5.21. The van der Waals surface area contributed by atoms with Gasteiger partial charge in [-0.05, 0) is 0 Å². The van der Waals surface area contributed by atoms with Crippen molar-refractivity contribution in [2.75, 3.05) is 0 Å². The van der Waals surface area contributed by atoms with Crippen molar-refractivity contribution < 1.29 is 4.29 Å². The Balaban J connectivity index is 3.17. The Kier molecular flexibility index (Phi) is 1.88. The van der Waals surface area contributed by atoms with Crippen molar-refractivity contribution in [1.82, 2.24) is 0 Å². The van der Waals surface area contributed by atoms with Gasteiger partial charge in [0.25, 0.3) is 0 Å². The van der Waals surface area contributed by atoms with E-state index in [1.807, 2.05) is 20.8 Å². The fourth-order valence-corrected chi connectivity index (χ4v) is 0. The smallest absolute Gasteiger partial charge is 0.301 e. The third-order valence-electron chi connectivity index (χ3n) is 0.254. The Morgan fingerprint density at radius 2 is 1.50 bits per heavy atom. The molecule has 0 bridgehead atoms. The highest BCUT2D eigenvalue weighted by atomic mass is 35.5. The Labute approximate surface area is 43.4 Å². The van der Waals surface area contributed by atoms with Crippen LogP contribution >= 0.6 is 11.9 Å².